The van der Waals surface area contributed by atoms with Gasteiger partial charge in [0.2, 0.25) is 5.91 Å². The fraction of sp³-hybridized carbons (Fsp3) is 0.294. The van der Waals surface area contributed by atoms with Crippen LogP contribution in [-0.4, -0.2) is 24.0 Å². The Hall–Kier alpha value is -2.07. The van der Waals surface area contributed by atoms with Crippen LogP contribution in [0.2, 0.25) is 5.15 Å². The molecule has 0 aliphatic heterocycles. The van der Waals surface area contributed by atoms with Gasteiger partial charge in [-0.25, -0.2) is 4.98 Å². The Bertz CT molecular complexity index is 607. The summed E-state index contributed by atoms with van der Waals surface area (Å²) in [5.74, 6) is -0.0697. The largest absolute Gasteiger partial charge is 0.372 e. The first kappa shape index (κ1) is 16.3. The van der Waals surface area contributed by atoms with Crippen LogP contribution in [0.3, 0.4) is 0 Å². The molecule has 0 aliphatic carbocycles. The average molecular weight is 318 g/mol. The van der Waals surface area contributed by atoms with Crippen molar-refractivity contribution in [2.45, 2.75) is 20.3 Å². The van der Waals surface area contributed by atoms with Gasteiger partial charge < -0.3 is 10.2 Å². The van der Waals surface area contributed by atoms with E-state index in [0.717, 1.165) is 30.0 Å². The Morgan fingerprint density at radius 2 is 1.82 bits per heavy atom. The van der Waals surface area contributed by atoms with E-state index in [1.54, 1.807) is 18.3 Å². The molecule has 4 nitrogen and oxygen atoms in total. The summed E-state index contributed by atoms with van der Waals surface area (Å²) >= 11 is 5.73. The van der Waals surface area contributed by atoms with E-state index >= 15 is 0 Å². The second-order valence-electron chi connectivity index (χ2n) is 4.93. The average Bonchev–Trinajstić information content (AvgIpc) is 2.52. The monoisotopic (exact) mass is 317 g/mol. The minimum absolute atomic E-state index is 0.0697. The number of aromatic nitrogens is 1. The molecule has 0 bridgehead atoms. The molecule has 0 aliphatic rings. The van der Waals surface area contributed by atoms with Gasteiger partial charge in [-0.1, -0.05) is 17.7 Å². The summed E-state index contributed by atoms with van der Waals surface area (Å²) in [6.45, 7) is 6.18. The summed E-state index contributed by atoms with van der Waals surface area (Å²) in [5.41, 5.74) is 2.79. The van der Waals surface area contributed by atoms with Gasteiger partial charge in [-0.15, -0.1) is 0 Å². The fourth-order valence-electron chi connectivity index (χ4n) is 2.25. The minimum Gasteiger partial charge on any atom is -0.372 e. The van der Waals surface area contributed by atoms with Crippen LogP contribution in [-0.2, 0) is 11.2 Å². The highest BCUT2D eigenvalue weighted by Crippen LogP contribution is 2.18. The molecule has 0 fully saturated rings. The third kappa shape index (κ3) is 4.46. The van der Waals surface area contributed by atoms with Gasteiger partial charge in [-0.05, 0) is 49.7 Å². The number of anilines is 2. The zero-order valence-corrected chi connectivity index (χ0v) is 13.6. The number of amides is 1. The van der Waals surface area contributed by atoms with E-state index < -0.39 is 0 Å². The van der Waals surface area contributed by atoms with Crippen molar-refractivity contribution in [3.8, 4) is 0 Å². The first-order chi connectivity index (χ1) is 10.6. The number of carbonyl (C=O) groups is 1. The summed E-state index contributed by atoms with van der Waals surface area (Å²) in [6.07, 6.45) is 1.90. The molecule has 1 aromatic heterocycles. The lowest BCUT2D eigenvalue weighted by molar-refractivity contribution is -0.115. The fourth-order valence-corrected chi connectivity index (χ4v) is 2.36. The van der Waals surface area contributed by atoms with E-state index in [-0.39, 0.29) is 12.3 Å². The molecule has 1 aromatic carbocycles. The predicted octanol–water partition coefficient (Wildman–Crippen LogP) is 3.76. The van der Waals surface area contributed by atoms with Crippen molar-refractivity contribution >= 4 is 28.9 Å². The van der Waals surface area contributed by atoms with Gasteiger partial charge in [-0.3, -0.25) is 4.79 Å². The lowest BCUT2D eigenvalue weighted by Crippen LogP contribution is -2.21. The molecule has 0 spiro atoms. The number of nitrogens with zero attached hydrogens (tertiary/aromatic N) is 2. The van der Waals surface area contributed by atoms with Crippen LogP contribution in [0.25, 0.3) is 0 Å². The Labute approximate surface area is 136 Å². The second kappa shape index (κ2) is 7.80. The second-order valence-corrected chi connectivity index (χ2v) is 5.32. The Balaban J connectivity index is 1.95. The van der Waals surface area contributed by atoms with Crippen molar-refractivity contribution in [2.24, 2.45) is 0 Å². The van der Waals surface area contributed by atoms with Crippen LogP contribution in [0.5, 0.6) is 0 Å². The molecule has 0 saturated carbocycles. The number of benzene rings is 1. The number of hydrogen-bond acceptors (Lipinski definition) is 3. The third-order valence-corrected chi connectivity index (χ3v) is 3.66. The Morgan fingerprint density at radius 3 is 2.36 bits per heavy atom. The summed E-state index contributed by atoms with van der Waals surface area (Å²) < 4.78 is 0. The summed E-state index contributed by atoms with van der Waals surface area (Å²) in [4.78, 5) is 18.2. The van der Waals surface area contributed by atoms with Crippen LogP contribution >= 0.6 is 11.6 Å². The van der Waals surface area contributed by atoms with Gasteiger partial charge in [0.25, 0.3) is 0 Å². The van der Waals surface area contributed by atoms with Gasteiger partial charge >= 0.3 is 0 Å². The SMILES string of the molecule is CCN(CC)c1ccc(NC(=O)Cc2ccc(Cl)nc2)cc1. The van der Waals surface area contributed by atoms with Crippen molar-refractivity contribution in [3.05, 3.63) is 53.3 Å². The van der Waals surface area contributed by atoms with Crippen LogP contribution in [0.15, 0.2) is 42.6 Å². The third-order valence-electron chi connectivity index (χ3n) is 3.43. The van der Waals surface area contributed by atoms with Gasteiger partial charge in [0.15, 0.2) is 0 Å². The number of rotatable bonds is 6. The predicted molar refractivity (Wildman–Crippen MR) is 91.6 cm³/mol. The smallest absolute Gasteiger partial charge is 0.228 e. The molecule has 1 heterocycles. The molecule has 22 heavy (non-hydrogen) atoms. The lowest BCUT2D eigenvalue weighted by atomic mass is 10.2. The summed E-state index contributed by atoms with van der Waals surface area (Å²) in [7, 11) is 0. The van der Waals surface area contributed by atoms with E-state index in [1.807, 2.05) is 24.3 Å². The quantitative estimate of drug-likeness (QED) is 0.825. The summed E-state index contributed by atoms with van der Waals surface area (Å²) in [6, 6.07) is 11.4. The molecule has 0 unspecified atom stereocenters. The van der Waals surface area contributed by atoms with E-state index in [4.69, 9.17) is 11.6 Å². The summed E-state index contributed by atoms with van der Waals surface area (Å²) in [5, 5.41) is 3.32. The van der Waals surface area contributed by atoms with Crippen molar-refractivity contribution in [1.29, 1.82) is 0 Å². The number of halogens is 1. The number of hydrogen-bond donors (Lipinski definition) is 1. The van der Waals surface area contributed by atoms with Crippen LogP contribution in [0.1, 0.15) is 19.4 Å². The maximum atomic E-state index is 12.0. The molecular formula is C17H20ClN3O. The van der Waals surface area contributed by atoms with E-state index in [2.05, 4.69) is 29.0 Å². The lowest BCUT2D eigenvalue weighted by Gasteiger charge is -2.21. The zero-order chi connectivity index (χ0) is 15.9. The highest BCUT2D eigenvalue weighted by Gasteiger charge is 2.06. The highest BCUT2D eigenvalue weighted by molar-refractivity contribution is 6.29. The maximum absolute atomic E-state index is 12.0. The van der Waals surface area contributed by atoms with Crippen molar-refractivity contribution < 1.29 is 4.79 Å². The van der Waals surface area contributed by atoms with Gasteiger partial charge in [-0.2, -0.15) is 0 Å². The minimum atomic E-state index is -0.0697. The number of carbonyl (C=O) groups excluding carboxylic acids is 1. The molecule has 2 rings (SSSR count). The van der Waals surface area contributed by atoms with Crippen molar-refractivity contribution in [2.75, 3.05) is 23.3 Å². The van der Waals surface area contributed by atoms with E-state index in [9.17, 15) is 4.79 Å². The Kier molecular flexibility index (Phi) is 5.78. The first-order valence-electron chi connectivity index (χ1n) is 7.37. The van der Waals surface area contributed by atoms with Crippen LogP contribution in [0.4, 0.5) is 11.4 Å². The Morgan fingerprint density at radius 1 is 1.14 bits per heavy atom. The number of pyridine rings is 1. The standard InChI is InChI=1S/C17H20ClN3O/c1-3-21(4-2)15-8-6-14(7-9-15)20-17(22)11-13-5-10-16(18)19-12-13/h5-10,12H,3-4,11H2,1-2H3,(H,20,22). The first-order valence-corrected chi connectivity index (χ1v) is 7.75. The molecule has 0 atom stereocenters. The number of nitrogens with one attached hydrogen (secondary N) is 1. The molecule has 1 N–H and O–H groups in total. The normalized spacial score (nSPS) is 10.3. The molecule has 2 aromatic rings. The van der Waals surface area contributed by atoms with Crippen LogP contribution in [0, 0.1) is 0 Å². The molecular weight excluding hydrogens is 298 g/mol. The molecule has 1 amide bonds. The zero-order valence-electron chi connectivity index (χ0n) is 12.8. The molecule has 0 radical (unpaired) electrons. The van der Waals surface area contributed by atoms with Gasteiger partial charge in [0, 0.05) is 30.7 Å². The van der Waals surface area contributed by atoms with Gasteiger partial charge in [0.1, 0.15) is 5.15 Å². The van der Waals surface area contributed by atoms with Crippen molar-refractivity contribution in [3.63, 3.8) is 0 Å². The van der Waals surface area contributed by atoms with Crippen LogP contribution < -0.4 is 10.2 Å². The van der Waals surface area contributed by atoms with Gasteiger partial charge in [0.05, 0.1) is 6.42 Å². The topological polar surface area (TPSA) is 45.2 Å². The molecule has 5 heteroatoms. The molecule has 116 valence electrons. The maximum Gasteiger partial charge on any atom is 0.228 e. The highest BCUT2D eigenvalue weighted by atomic mass is 35.5. The van der Waals surface area contributed by atoms with Crippen molar-refractivity contribution in [1.82, 2.24) is 4.98 Å². The van der Waals surface area contributed by atoms with E-state index in [1.165, 1.54) is 0 Å². The molecule has 0 saturated heterocycles. The van der Waals surface area contributed by atoms with E-state index in [0.29, 0.717) is 5.15 Å².